The maximum Gasteiger partial charge on any atom is 0.416 e. The molecule has 0 spiro atoms. The molecule has 4 aromatic rings. The number of benzene rings is 2. The third-order valence-corrected chi connectivity index (χ3v) is 6.76. The largest absolute Gasteiger partial charge is 0.416 e. The van der Waals surface area contributed by atoms with E-state index in [0.717, 1.165) is 42.3 Å². The Morgan fingerprint density at radius 2 is 1.72 bits per heavy atom. The molecule has 1 fully saturated rings. The highest BCUT2D eigenvalue weighted by atomic mass is 19.4. The van der Waals surface area contributed by atoms with Crippen LogP contribution in [0, 0.1) is 11.8 Å². The van der Waals surface area contributed by atoms with Gasteiger partial charge in [0.05, 0.1) is 22.9 Å². The molecule has 1 aliphatic rings. The van der Waals surface area contributed by atoms with Crippen molar-refractivity contribution in [2.45, 2.75) is 19.6 Å². The number of anilines is 1. The van der Waals surface area contributed by atoms with Crippen LogP contribution in [0.1, 0.15) is 39.5 Å². The van der Waals surface area contributed by atoms with Crippen molar-refractivity contribution in [2.75, 3.05) is 38.0 Å². The van der Waals surface area contributed by atoms with Crippen molar-refractivity contribution >= 4 is 22.8 Å². The summed E-state index contributed by atoms with van der Waals surface area (Å²) in [7, 11) is 0. The number of piperazine rings is 1. The van der Waals surface area contributed by atoms with Crippen LogP contribution in [0.25, 0.3) is 11.0 Å². The van der Waals surface area contributed by atoms with E-state index in [0.29, 0.717) is 18.7 Å². The molecule has 1 aliphatic heterocycles. The molecule has 39 heavy (non-hydrogen) atoms. The zero-order valence-corrected chi connectivity index (χ0v) is 21.3. The summed E-state index contributed by atoms with van der Waals surface area (Å²) in [4.78, 5) is 28.5. The van der Waals surface area contributed by atoms with Crippen molar-refractivity contribution in [3.63, 3.8) is 0 Å². The second kappa shape index (κ2) is 11.3. The Hall–Kier alpha value is -4.20. The number of hydrogen-bond acceptors (Lipinski definition) is 5. The van der Waals surface area contributed by atoms with E-state index in [2.05, 4.69) is 43.9 Å². The smallest absolute Gasteiger partial charge is 0.345 e. The third-order valence-electron chi connectivity index (χ3n) is 6.76. The first-order valence-electron chi connectivity index (χ1n) is 12.7. The molecule has 1 amide bonds. The lowest BCUT2D eigenvalue weighted by Gasteiger charge is -2.34. The van der Waals surface area contributed by atoms with E-state index < -0.39 is 17.6 Å². The highest BCUT2D eigenvalue weighted by Crippen LogP contribution is 2.33. The van der Waals surface area contributed by atoms with Gasteiger partial charge in [0, 0.05) is 55.6 Å². The molecular weight excluding hydrogens is 505 g/mol. The lowest BCUT2D eigenvalue weighted by Crippen LogP contribution is -2.45. The fourth-order valence-corrected chi connectivity index (χ4v) is 4.55. The maximum atomic E-state index is 13.9. The summed E-state index contributed by atoms with van der Waals surface area (Å²) in [6.45, 7) is 6.25. The van der Waals surface area contributed by atoms with E-state index in [1.165, 1.54) is 18.3 Å². The van der Waals surface area contributed by atoms with Crippen LogP contribution in [-0.2, 0) is 12.7 Å². The molecule has 2 aromatic carbocycles. The molecule has 0 bridgehead atoms. The zero-order valence-electron chi connectivity index (χ0n) is 21.3. The molecule has 0 radical (unpaired) electrons. The van der Waals surface area contributed by atoms with E-state index in [-0.39, 0.29) is 23.5 Å². The number of likely N-dealkylation sites (N-methyl/N-ethyl adjacent to an activating group) is 1. The van der Waals surface area contributed by atoms with E-state index in [9.17, 15) is 18.0 Å². The average Bonchev–Trinajstić information content (AvgIpc) is 3.40. The monoisotopic (exact) mass is 532 g/mol. The minimum atomic E-state index is -4.58. The van der Waals surface area contributed by atoms with E-state index in [1.807, 2.05) is 23.1 Å². The molecule has 10 heteroatoms. The van der Waals surface area contributed by atoms with E-state index >= 15 is 0 Å². The molecule has 3 heterocycles. The van der Waals surface area contributed by atoms with Crippen LogP contribution in [0.5, 0.6) is 0 Å². The molecular formula is C29H27F3N6O. The number of H-pyrrole nitrogens is 1. The van der Waals surface area contributed by atoms with Gasteiger partial charge in [0.1, 0.15) is 5.82 Å². The van der Waals surface area contributed by atoms with Gasteiger partial charge in [-0.2, -0.15) is 13.2 Å². The van der Waals surface area contributed by atoms with Crippen LogP contribution in [0.2, 0.25) is 0 Å². The number of imidazole rings is 1. The standard InChI is InChI=1S/C29H27F3N6O/c1-2-37-11-13-38(14-12-37)18-23-7-6-22(17-24(23)29(30,31)32)28(39)36-27-16-21(9-10-33-27)4-3-20-5-8-25-26(15-20)35-19-34-25/h5-10,15-17,19H,2,11-14,18H2,1H3,(H,34,35)(H,33,36,39). The Bertz CT molecular complexity index is 1540. The Kier molecular flexibility index (Phi) is 7.63. The lowest BCUT2D eigenvalue weighted by atomic mass is 10.0. The van der Waals surface area contributed by atoms with Gasteiger partial charge in [-0.3, -0.25) is 9.69 Å². The summed E-state index contributed by atoms with van der Waals surface area (Å²) < 4.78 is 41.8. The van der Waals surface area contributed by atoms with Gasteiger partial charge in [-0.05, 0) is 54.6 Å². The molecule has 200 valence electrons. The van der Waals surface area contributed by atoms with Gasteiger partial charge in [0.15, 0.2) is 0 Å². The number of alkyl halides is 3. The molecule has 0 saturated carbocycles. The number of nitrogens with one attached hydrogen (secondary N) is 2. The fraction of sp³-hybridized carbons (Fsp3) is 0.276. The molecule has 1 saturated heterocycles. The summed E-state index contributed by atoms with van der Waals surface area (Å²) in [6, 6.07) is 12.6. The quantitative estimate of drug-likeness (QED) is 0.363. The van der Waals surface area contributed by atoms with Crippen molar-refractivity contribution in [2.24, 2.45) is 0 Å². The Balaban J connectivity index is 1.30. The highest BCUT2D eigenvalue weighted by Gasteiger charge is 2.34. The summed E-state index contributed by atoms with van der Waals surface area (Å²) in [5.41, 5.74) is 2.36. The number of carbonyl (C=O) groups excluding carboxylic acids is 1. The Morgan fingerprint density at radius 1 is 0.974 bits per heavy atom. The van der Waals surface area contributed by atoms with Crippen molar-refractivity contribution in [3.05, 3.63) is 88.9 Å². The molecule has 0 aliphatic carbocycles. The predicted octanol–water partition coefficient (Wildman–Crippen LogP) is 4.77. The number of pyridine rings is 1. The number of aromatic nitrogens is 3. The number of hydrogen-bond donors (Lipinski definition) is 2. The number of amides is 1. The molecule has 2 N–H and O–H groups in total. The molecule has 2 aromatic heterocycles. The lowest BCUT2D eigenvalue weighted by molar-refractivity contribution is -0.138. The van der Waals surface area contributed by atoms with Crippen LogP contribution in [0.15, 0.2) is 61.1 Å². The van der Waals surface area contributed by atoms with Gasteiger partial charge in [-0.25, -0.2) is 9.97 Å². The topological polar surface area (TPSA) is 77.1 Å². The second-order valence-corrected chi connectivity index (χ2v) is 9.35. The second-order valence-electron chi connectivity index (χ2n) is 9.35. The Labute approximate surface area is 224 Å². The number of nitrogens with zero attached hydrogens (tertiary/aromatic N) is 4. The summed E-state index contributed by atoms with van der Waals surface area (Å²) in [5, 5.41) is 2.59. The first-order chi connectivity index (χ1) is 18.8. The van der Waals surface area contributed by atoms with Gasteiger partial charge < -0.3 is 15.2 Å². The predicted molar refractivity (Wildman–Crippen MR) is 143 cm³/mol. The van der Waals surface area contributed by atoms with Gasteiger partial charge in [-0.15, -0.1) is 0 Å². The van der Waals surface area contributed by atoms with Gasteiger partial charge in [0.25, 0.3) is 5.91 Å². The summed E-state index contributed by atoms with van der Waals surface area (Å²) >= 11 is 0. The average molecular weight is 533 g/mol. The zero-order chi connectivity index (χ0) is 27.4. The van der Waals surface area contributed by atoms with Gasteiger partial charge in [0.2, 0.25) is 0 Å². The van der Waals surface area contributed by atoms with Crippen LogP contribution in [0.3, 0.4) is 0 Å². The molecule has 0 unspecified atom stereocenters. The van der Waals surface area contributed by atoms with Crippen molar-refractivity contribution in [3.8, 4) is 11.8 Å². The van der Waals surface area contributed by atoms with Crippen LogP contribution < -0.4 is 5.32 Å². The minimum Gasteiger partial charge on any atom is -0.345 e. The normalized spacial score (nSPS) is 14.7. The summed E-state index contributed by atoms with van der Waals surface area (Å²) in [6.07, 6.45) is -1.48. The summed E-state index contributed by atoms with van der Waals surface area (Å²) in [5.74, 6) is 5.60. The first kappa shape index (κ1) is 26.4. The number of aromatic amines is 1. The Morgan fingerprint density at radius 3 is 2.46 bits per heavy atom. The first-order valence-corrected chi connectivity index (χ1v) is 12.7. The third kappa shape index (κ3) is 6.45. The van der Waals surface area contributed by atoms with Crippen LogP contribution in [-0.4, -0.2) is 63.4 Å². The van der Waals surface area contributed by atoms with Gasteiger partial charge >= 0.3 is 6.18 Å². The highest BCUT2D eigenvalue weighted by molar-refractivity contribution is 6.04. The molecule has 7 nitrogen and oxygen atoms in total. The number of fused-ring (bicyclic) bond motifs is 1. The SMILES string of the molecule is CCN1CCN(Cc2ccc(C(=O)Nc3cc(C#Cc4ccc5nc[nH]c5c4)ccn3)cc2C(F)(F)F)CC1. The van der Waals surface area contributed by atoms with Crippen LogP contribution in [0.4, 0.5) is 19.0 Å². The number of carbonyl (C=O) groups is 1. The van der Waals surface area contributed by atoms with E-state index in [1.54, 1.807) is 18.5 Å². The molecule has 0 atom stereocenters. The minimum absolute atomic E-state index is 0.0898. The van der Waals surface area contributed by atoms with Crippen molar-refractivity contribution in [1.82, 2.24) is 24.8 Å². The molecule has 5 rings (SSSR count). The number of halogens is 3. The van der Waals surface area contributed by atoms with Crippen LogP contribution >= 0.6 is 0 Å². The maximum absolute atomic E-state index is 13.9. The van der Waals surface area contributed by atoms with Gasteiger partial charge in [-0.1, -0.05) is 24.8 Å². The van der Waals surface area contributed by atoms with E-state index in [4.69, 9.17) is 0 Å². The fourth-order valence-electron chi connectivity index (χ4n) is 4.55. The van der Waals surface area contributed by atoms with Crippen molar-refractivity contribution in [1.29, 1.82) is 0 Å². The number of rotatable bonds is 5. The van der Waals surface area contributed by atoms with Crippen molar-refractivity contribution < 1.29 is 18.0 Å².